The number of carbonyl (C=O) groups is 1. The number of thiophene rings is 1. The third-order valence-electron chi connectivity index (χ3n) is 3.69. The Labute approximate surface area is 143 Å². The number of nitrogens with one attached hydrogen (secondary N) is 1. The molecule has 19 heavy (non-hydrogen) atoms. The van der Waals surface area contributed by atoms with Crippen molar-refractivity contribution in [3.05, 3.63) is 19.2 Å². The second-order valence-corrected chi connectivity index (χ2v) is 9.30. The van der Waals surface area contributed by atoms with Gasteiger partial charge in [0.05, 0.1) is 13.1 Å². The van der Waals surface area contributed by atoms with Crippen LogP contribution in [-0.4, -0.2) is 17.8 Å². The standard InChI is InChI=1S/C13H16Br3NOS/c14-6-8-3-1-2-4-9(8)7-17-13(18)10-5-11(15)19-12(10)16/h5,8-9H,1-4,6-7H2,(H,17,18). The smallest absolute Gasteiger partial charge is 0.253 e. The van der Waals surface area contributed by atoms with Gasteiger partial charge in [-0.15, -0.1) is 11.3 Å². The summed E-state index contributed by atoms with van der Waals surface area (Å²) >= 11 is 12.0. The molecule has 1 saturated carbocycles. The van der Waals surface area contributed by atoms with E-state index < -0.39 is 0 Å². The summed E-state index contributed by atoms with van der Waals surface area (Å²) in [7, 11) is 0. The molecule has 0 bridgehead atoms. The van der Waals surface area contributed by atoms with Gasteiger partial charge >= 0.3 is 0 Å². The maximum Gasteiger partial charge on any atom is 0.253 e. The summed E-state index contributed by atoms with van der Waals surface area (Å²) in [4.78, 5) is 12.1. The van der Waals surface area contributed by atoms with Gasteiger partial charge in [0.2, 0.25) is 0 Å². The normalized spacial score (nSPS) is 23.3. The summed E-state index contributed by atoms with van der Waals surface area (Å²) in [6, 6.07) is 1.87. The van der Waals surface area contributed by atoms with Gasteiger partial charge in [0.15, 0.2) is 0 Å². The van der Waals surface area contributed by atoms with Crippen molar-refractivity contribution >= 4 is 65.0 Å². The molecular formula is C13H16Br3NOS. The molecule has 2 unspecified atom stereocenters. The fourth-order valence-electron chi connectivity index (χ4n) is 2.57. The lowest BCUT2D eigenvalue weighted by Gasteiger charge is -2.30. The number of amides is 1. The maximum atomic E-state index is 12.1. The first-order valence-corrected chi connectivity index (χ1v) is 9.93. The molecule has 0 spiro atoms. The van der Waals surface area contributed by atoms with Crippen molar-refractivity contribution in [2.24, 2.45) is 11.8 Å². The van der Waals surface area contributed by atoms with E-state index in [1.807, 2.05) is 6.07 Å². The van der Waals surface area contributed by atoms with Gasteiger partial charge in [-0.2, -0.15) is 0 Å². The average Bonchev–Trinajstić information content (AvgIpc) is 2.75. The highest BCUT2D eigenvalue weighted by molar-refractivity contribution is 9.12. The Morgan fingerprint density at radius 3 is 2.58 bits per heavy atom. The molecule has 1 aliphatic carbocycles. The number of halogens is 3. The zero-order valence-corrected chi connectivity index (χ0v) is 16.0. The van der Waals surface area contributed by atoms with Crippen LogP contribution in [-0.2, 0) is 0 Å². The highest BCUT2D eigenvalue weighted by atomic mass is 79.9. The summed E-state index contributed by atoms with van der Waals surface area (Å²) in [5.74, 6) is 1.33. The summed E-state index contributed by atoms with van der Waals surface area (Å²) < 4.78 is 1.86. The second-order valence-electron chi connectivity index (χ2n) is 4.91. The van der Waals surface area contributed by atoms with Crippen LogP contribution < -0.4 is 5.32 Å². The molecule has 1 N–H and O–H groups in total. The van der Waals surface area contributed by atoms with E-state index in [0.29, 0.717) is 11.8 Å². The fraction of sp³-hybridized carbons (Fsp3) is 0.615. The minimum Gasteiger partial charge on any atom is -0.352 e. The first kappa shape index (κ1) is 16.0. The Kier molecular flexibility index (Phi) is 6.37. The first-order chi connectivity index (χ1) is 9.11. The van der Waals surface area contributed by atoms with Gasteiger partial charge < -0.3 is 5.32 Å². The quantitative estimate of drug-likeness (QED) is 0.598. The molecular weight excluding hydrogens is 458 g/mol. The van der Waals surface area contributed by atoms with Crippen molar-refractivity contribution in [1.29, 1.82) is 0 Å². The topological polar surface area (TPSA) is 29.1 Å². The van der Waals surface area contributed by atoms with Crippen LogP contribution in [0.4, 0.5) is 0 Å². The molecule has 0 aromatic carbocycles. The molecule has 1 amide bonds. The van der Waals surface area contributed by atoms with E-state index in [2.05, 4.69) is 53.1 Å². The SMILES string of the molecule is O=C(NCC1CCCCC1CBr)c1cc(Br)sc1Br. The highest BCUT2D eigenvalue weighted by Gasteiger charge is 2.25. The lowest BCUT2D eigenvalue weighted by molar-refractivity contribution is 0.0936. The summed E-state index contributed by atoms with van der Waals surface area (Å²) in [5.41, 5.74) is 0.725. The van der Waals surface area contributed by atoms with E-state index >= 15 is 0 Å². The van der Waals surface area contributed by atoms with Crippen LogP contribution in [0.2, 0.25) is 0 Å². The first-order valence-electron chi connectivity index (χ1n) is 6.40. The van der Waals surface area contributed by atoms with E-state index in [1.165, 1.54) is 37.0 Å². The Morgan fingerprint density at radius 1 is 1.32 bits per heavy atom. The van der Waals surface area contributed by atoms with Crippen molar-refractivity contribution < 1.29 is 4.79 Å². The van der Waals surface area contributed by atoms with Crippen molar-refractivity contribution in [3.8, 4) is 0 Å². The van der Waals surface area contributed by atoms with Crippen molar-refractivity contribution in [1.82, 2.24) is 5.32 Å². The van der Waals surface area contributed by atoms with Gasteiger partial charge in [-0.3, -0.25) is 4.79 Å². The zero-order valence-electron chi connectivity index (χ0n) is 10.4. The van der Waals surface area contributed by atoms with Crippen molar-refractivity contribution in [3.63, 3.8) is 0 Å². The molecule has 2 atom stereocenters. The van der Waals surface area contributed by atoms with Crippen LogP contribution in [0.25, 0.3) is 0 Å². The van der Waals surface area contributed by atoms with Crippen LogP contribution in [0.5, 0.6) is 0 Å². The molecule has 1 aromatic heterocycles. The van der Waals surface area contributed by atoms with Crippen molar-refractivity contribution in [2.75, 3.05) is 11.9 Å². The molecule has 0 saturated heterocycles. The predicted octanol–water partition coefficient (Wildman–Crippen LogP) is 5.20. The minimum absolute atomic E-state index is 0.0210. The van der Waals surface area contributed by atoms with Gasteiger partial charge in [0, 0.05) is 11.9 Å². The molecule has 1 aromatic rings. The van der Waals surface area contributed by atoms with Crippen LogP contribution in [0.3, 0.4) is 0 Å². The number of alkyl halides is 1. The van der Waals surface area contributed by atoms with E-state index in [-0.39, 0.29) is 5.91 Å². The van der Waals surface area contributed by atoms with Crippen LogP contribution in [0.15, 0.2) is 13.6 Å². The van der Waals surface area contributed by atoms with Crippen LogP contribution >= 0.6 is 59.1 Å². The molecule has 0 aliphatic heterocycles. The monoisotopic (exact) mass is 471 g/mol. The molecule has 6 heteroatoms. The second kappa shape index (κ2) is 7.57. The summed E-state index contributed by atoms with van der Waals surface area (Å²) in [6.07, 6.45) is 5.12. The van der Waals surface area contributed by atoms with Crippen LogP contribution in [0.1, 0.15) is 36.0 Å². The molecule has 1 heterocycles. The largest absolute Gasteiger partial charge is 0.352 e. The lowest BCUT2D eigenvalue weighted by Crippen LogP contribution is -2.34. The maximum absolute atomic E-state index is 12.1. The van der Waals surface area contributed by atoms with E-state index in [9.17, 15) is 4.79 Å². The Morgan fingerprint density at radius 2 is 2.00 bits per heavy atom. The number of hydrogen-bond donors (Lipinski definition) is 1. The minimum atomic E-state index is 0.0210. The number of hydrogen-bond acceptors (Lipinski definition) is 2. The Balaban J connectivity index is 1.91. The fourth-order valence-corrected chi connectivity index (χ4v) is 6.22. The predicted molar refractivity (Wildman–Crippen MR) is 91.3 cm³/mol. The summed E-state index contributed by atoms with van der Waals surface area (Å²) in [6.45, 7) is 0.787. The molecule has 2 nitrogen and oxygen atoms in total. The van der Waals surface area contributed by atoms with Crippen LogP contribution in [0, 0.1) is 11.8 Å². The molecule has 1 aliphatic rings. The van der Waals surface area contributed by atoms with Gasteiger partial charge in [0.1, 0.15) is 0 Å². The molecule has 2 rings (SSSR count). The lowest BCUT2D eigenvalue weighted by atomic mass is 9.80. The molecule has 106 valence electrons. The van der Waals surface area contributed by atoms with Gasteiger partial charge in [0.25, 0.3) is 5.91 Å². The van der Waals surface area contributed by atoms with Gasteiger partial charge in [-0.25, -0.2) is 0 Å². The average molecular weight is 474 g/mol. The highest BCUT2D eigenvalue weighted by Crippen LogP contribution is 2.33. The Hall–Kier alpha value is 0.610. The summed E-state index contributed by atoms with van der Waals surface area (Å²) in [5, 5.41) is 4.13. The van der Waals surface area contributed by atoms with E-state index in [4.69, 9.17) is 0 Å². The molecule has 1 fully saturated rings. The van der Waals surface area contributed by atoms with Gasteiger partial charge in [-0.05, 0) is 62.6 Å². The Bertz CT molecular complexity index is 449. The van der Waals surface area contributed by atoms with Gasteiger partial charge in [-0.1, -0.05) is 28.8 Å². The van der Waals surface area contributed by atoms with E-state index in [1.54, 1.807) is 0 Å². The number of carbonyl (C=O) groups excluding carboxylic acids is 1. The third kappa shape index (κ3) is 4.29. The number of rotatable bonds is 4. The third-order valence-corrected chi connectivity index (χ3v) is 6.86. The van der Waals surface area contributed by atoms with Crippen molar-refractivity contribution in [2.45, 2.75) is 25.7 Å². The molecule has 0 radical (unpaired) electrons. The van der Waals surface area contributed by atoms with E-state index in [0.717, 1.165) is 25.0 Å². The zero-order chi connectivity index (χ0) is 13.8.